The molecule has 0 bridgehead atoms. The number of aliphatic hydroxyl groups is 1. The number of hydrogen-bond donors (Lipinski definition) is 3. The summed E-state index contributed by atoms with van der Waals surface area (Å²) < 4.78 is 0. The number of H-pyrrole nitrogens is 1. The van der Waals surface area contributed by atoms with Crippen LogP contribution in [0.4, 0.5) is 0 Å². The van der Waals surface area contributed by atoms with Gasteiger partial charge >= 0.3 is 0 Å². The van der Waals surface area contributed by atoms with Crippen molar-refractivity contribution in [3.8, 4) is 0 Å². The van der Waals surface area contributed by atoms with Crippen LogP contribution in [0.25, 0.3) is 0 Å². The summed E-state index contributed by atoms with van der Waals surface area (Å²) in [4.78, 5) is 24.9. The quantitative estimate of drug-likeness (QED) is 0.641. The minimum absolute atomic E-state index is 0.194. The summed E-state index contributed by atoms with van der Waals surface area (Å²) in [6.45, 7) is 4.25. The molecule has 0 aromatic carbocycles. The van der Waals surface area contributed by atoms with Gasteiger partial charge in [-0.2, -0.15) is 0 Å². The molecule has 0 spiro atoms. The first kappa shape index (κ1) is 14.4. The lowest BCUT2D eigenvalue weighted by Gasteiger charge is -2.20. The number of aliphatic hydroxyl groups excluding tert-OH is 1. The van der Waals surface area contributed by atoms with E-state index in [0.717, 1.165) is 12.8 Å². The molecule has 1 heterocycles. The monoisotopic (exact) mass is 252 g/mol. The van der Waals surface area contributed by atoms with Gasteiger partial charge in [0.2, 0.25) is 0 Å². The number of aromatic nitrogens is 1. The number of aromatic amines is 1. The summed E-state index contributed by atoms with van der Waals surface area (Å²) in [6, 6.07) is 3.09. The average Bonchev–Trinajstić information content (AvgIpc) is 2.86. The Morgan fingerprint density at radius 1 is 1.44 bits per heavy atom. The molecule has 1 atom stereocenters. The largest absolute Gasteiger partial charge is 0.391 e. The normalized spacial score (nSPS) is 12.4. The second-order valence-electron chi connectivity index (χ2n) is 4.30. The molecule has 1 unspecified atom stereocenters. The molecule has 0 radical (unpaired) electrons. The molecule has 1 aromatic rings. The lowest BCUT2D eigenvalue weighted by atomic mass is 9.96. The molecule has 0 saturated carbocycles. The molecule has 5 heteroatoms. The van der Waals surface area contributed by atoms with Gasteiger partial charge in [-0.25, -0.2) is 0 Å². The number of nitrogens with one attached hydrogen (secondary N) is 2. The first-order valence-corrected chi connectivity index (χ1v) is 6.22. The highest BCUT2D eigenvalue weighted by atomic mass is 16.3. The van der Waals surface area contributed by atoms with Crippen LogP contribution in [0.2, 0.25) is 0 Å². The first-order valence-electron chi connectivity index (χ1n) is 6.22. The van der Waals surface area contributed by atoms with Crippen molar-refractivity contribution in [1.29, 1.82) is 0 Å². The van der Waals surface area contributed by atoms with E-state index in [-0.39, 0.29) is 18.4 Å². The van der Waals surface area contributed by atoms with Crippen molar-refractivity contribution in [2.75, 3.05) is 6.54 Å². The molecule has 3 N–H and O–H groups in total. The molecular weight excluding hydrogens is 232 g/mol. The number of carbonyl (C=O) groups excluding carboxylic acids is 2. The molecule has 0 saturated heterocycles. The van der Waals surface area contributed by atoms with Gasteiger partial charge in [0, 0.05) is 6.54 Å². The van der Waals surface area contributed by atoms with Crippen molar-refractivity contribution >= 4 is 12.2 Å². The third-order valence-corrected chi connectivity index (χ3v) is 3.14. The molecule has 1 aromatic heterocycles. The zero-order valence-corrected chi connectivity index (χ0v) is 10.8. The van der Waals surface area contributed by atoms with E-state index in [9.17, 15) is 14.7 Å². The van der Waals surface area contributed by atoms with Gasteiger partial charge in [0.1, 0.15) is 5.69 Å². The van der Waals surface area contributed by atoms with Gasteiger partial charge in [-0.15, -0.1) is 0 Å². The predicted molar refractivity (Wildman–Crippen MR) is 68.6 cm³/mol. The van der Waals surface area contributed by atoms with Crippen LogP contribution in [0, 0.1) is 5.92 Å². The lowest BCUT2D eigenvalue weighted by molar-refractivity contribution is 0.0813. The lowest BCUT2D eigenvalue weighted by Crippen LogP contribution is -2.36. The second kappa shape index (κ2) is 6.96. The van der Waals surface area contributed by atoms with Crippen molar-refractivity contribution in [3.63, 3.8) is 0 Å². The summed E-state index contributed by atoms with van der Waals surface area (Å²) in [5.74, 6) is -0.118. The van der Waals surface area contributed by atoms with Crippen LogP contribution in [0.15, 0.2) is 12.1 Å². The number of aldehydes is 1. The fourth-order valence-electron chi connectivity index (χ4n) is 1.91. The maximum absolute atomic E-state index is 11.7. The number of hydrogen-bond acceptors (Lipinski definition) is 3. The Hall–Kier alpha value is -1.62. The summed E-state index contributed by atoms with van der Waals surface area (Å²) >= 11 is 0. The Morgan fingerprint density at radius 2 is 2.11 bits per heavy atom. The van der Waals surface area contributed by atoms with Crippen LogP contribution < -0.4 is 5.32 Å². The SMILES string of the molecule is CCC(CC)C(O)CNC(=O)c1ccc(C=O)[nH]1. The predicted octanol–water partition coefficient (Wildman–Crippen LogP) is 1.35. The van der Waals surface area contributed by atoms with Crippen LogP contribution in [-0.2, 0) is 0 Å². The molecule has 18 heavy (non-hydrogen) atoms. The second-order valence-corrected chi connectivity index (χ2v) is 4.30. The zero-order valence-electron chi connectivity index (χ0n) is 10.8. The molecule has 1 rings (SSSR count). The third kappa shape index (κ3) is 3.70. The van der Waals surface area contributed by atoms with Crippen LogP contribution in [0.1, 0.15) is 47.7 Å². The van der Waals surface area contributed by atoms with Crippen LogP contribution in [0.3, 0.4) is 0 Å². The molecular formula is C13H20N2O3. The standard InChI is InChI=1S/C13H20N2O3/c1-3-9(4-2)12(17)7-14-13(18)11-6-5-10(8-16)15-11/h5-6,8-9,12,15,17H,3-4,7H2,1-2H3,(H,14,18). The molecule has 0 fully saturated rings. The zero-order chi connectivity index (χ0) is 13.5. The molecule has 0 aliphatic heterocycles. The Morgan fingerprint density at radius 3 is 2.61 bits per heavy atom. The smallest absolute Gasteiger partial charge is 0.267 e. The highest BCUT2D eigenvalue weighted by Gasteiger charge is 2.17. The van der Waals surface area contributed by atoms with E-state index >= 15 is 0 Å². The van der Waals surface area contributed by atoms with E-state index in [0.29, 0.717) is 17.7 Å². The highest BCUT2D eigenvalue weighted by Crippen LogP contribution is 2.12. The van der Waals surface area contributed by atoms with Gasteiger partial charge in [0.05, 0.1) is 11.8 Å². The summed E-state index contributed by atoms with van der Waals surface area (Å²) in [6.07, 6.45) is 1.87. The van der Waals surface area contributed by atoms with Crippen molar-refractivity contribution in [2.45, 2.75) is 32.8 Å². The van der Waals surface area contributed by atoms with Crippen LogP contribution in [0.5, 0.6) is 0 Å². The van der Waals surface area contributed by atoms with Gasteiger partial charge in [-0.1, -0.05) is 26.7 Å². The van der Waals surface area contributed by atoms with Crippen molar-refractivity contribution in [3.05, 3.63) is 23.5 Å². The molecule has 1 amide bonds. The molecule has 0 aliphatic carbocycles. The van der Waals surface area contributed by atoms with Crippen molar-refractivity contribution < 1.29 is 14.7 Å². The maximum Gasteiger partial charge on any atom is 0.267 e. The Balaban J connectivity index is 2.48. The van der Waals surface area contributed by atoms with Gasteiger partial charge in [0.15, 0.2) is 6.29 Å². The number of rotatable bonds is 7. The van der Waals surface area contributed by atoms with E-state index < -0.39 is 6.10 Å². The number of amides is 1. The first-order chi connectivity index (χ1) is 8.62. The maximum atomic E-state index is 11.7. The van der Waals surface area contributed by atoms with Crippen molar-refractivity contribution in [2.24, 2.45) is 5.92 Å². The summed E-state index contributed by atoms with van der Waals surface area (Å²) in [7, 11) is 0. The van der Waals surface area contributed by atoms with Gasteiger partial charge < -0.3 is 15.4 Å². The van der Waals surface area contributed by atoms with E-state index in [1.165, 1.54) is 0 Å². The van der Waals surface area contributed by atoms with E-state index in [4.69, 9.17) is 0 Å². The molecule has 100 valence electrons. The molecule has 5 nitrogen and oxygen atoms in total. The minimum atomic E-state index is -0.538. The summed E-state index contributed by atoms with van der Waals surface area (Å²) in [5.41, 5.74) is 0.689. The van der Waals surface area contributed by atoms with Gasteiger partial charge in [0.25, 0.3) is 5.91 Å². The Bertz CT molecular complexity index is 397. The Kier molecular flexibility index (Phi) is 5.58. The minimum Gasteiger partial charge on any atom is -0.391 e. The fraction of sp³-hybridized carbons (Fsp3) is 0.538. The van der Waals surface area contributed by atoms with E-state index in [2.05, 4.69) is 10.3 Å². The van der Waals surface area contributed by atoms with Crippen molar-refractivity contribution in [1.82, 2.24) is 10.3 Å². The van der Waals surface area contributed by atoms with E-state index in [1.807, 2.05) is 13.8 Å². The topological polar surface area (TPSA) is 82.2 Å². The van der Waals surface area contributed by atoms with Crippen LogP contribution in [-0.4, -0.2) is 34.9 Å². The Labute approximate surface area is 107 Å². The highest BCUT2D eigenvalue weighted by molar-refractivity contribution is 5.93. The molecule has 0 aliphatic rings. The fourth-order valence-corrected chi connectivity index (χ4v) is 1.91. The van der Waals surface area contributed by atoms with Gasteiger partial charge in [-0.05, 0) is 18.1 Å². The third-order valence-electron chi connectivity index (χ3n) is 3.14. The van der Waals surface area contributed by atoms with Gasteiger partial charge in [-0.3, -0.25) is 9.59 Å². The average molecular weight is 252 g/mol. The summed E-state index contributed by atoms with van der Waals surface area (Å²) in [5, 5.41) is 12.5. The van der Waals surface area contributed by atoms with E-state index in [1.54, 1.807) is 12.1 Å². The number of carbonyl (C=O) groups is 2. The van der Waals surface area contributed by atoms with Crippen LogP contribution >= 0.6 is 0 Å².